The number of pyridine rings is 1. The van der Waals surface area contributed by atoms with Crippen LogP contribution in [0.5, 0.6) is 0 Å². The van der Waals surface area contributed by atoms with Crippen molar-refractivity contribution in [2.24, 2.45) is 0 Å². The van der Waals surface area contributed by atoms with Gasteiger partial charge in [-0.05, 0) is 37.3 Å². The lowest BCUT2D eigenvalue weighted by atomic mass is 10.2. The zero-order chi connectivity index (χ0) is 17.1. The number of nitrogens with zero attached hydrogens (tertiary/aromatic N) is 4. The topological polar surface area (TPSA) is 110 Å². The van der Waals surface area contributed by atoms with Crippen LogP contribution in [0.4, 0.5) is 11.5 Å². The molecule has 118 valence electrons. The standard InChI is InChI=1S/C17H14N6O/c1-11(6-8-18)23-14-7-9-20-17(24)15(14)16(22-23)21-13-4-2-12(10-19)3-5-13/h2-5,7,9,11H,6H2,1H3,(H,20,24)(H,21,22)/t11-/m0/s1. The number of hydrogen-bond donors (Lipinski definition) is 2. The van der Waals surface area contributed by atoms with Crippen molar-refractivity contribution in [1.82, 2.24) is 14.8 Å². The van der Waals surface area contributed by atoms with Crippen LogP contribution >= 0.6 is 0 Å². The van der Waals surface area contributed by atoms with Crippen molar-refractivity contribution in [2.75, 3.05) is 5.32 Å². The first-order chi connectivity index (χ1) is 11.6. The maximum atomic E-state index is 12.2. The predicted octanol–water partition coefficient (Wildman–Crippen LogP) is 2.81. The molecule has 0 unspecified atom stereocenters. The van der Waals surface area contributed by atoms with Gasteiger partial charge in [0.25, 0.3) is 5.56 Å². The molecule has 2 N–H and O–H groups in total. The minimum absolute atomic E-state index is 0.157. The molecule has 3 aromatic rings. The minimum Gasteiger partial charge on any atom is -0.338 e. The molecular weight excluding hydrogens is 304 g/mol. The lowest BCUT2D eigenvalue weighted by Gasteiger charge is -2.08. The Morgan fingerprint density at radius 1 is 1.29 bits per heavy atom. The molecule has 0 spiro atoms. The van der Waals surface area contributed by atoms with Crippen LogP contribution < -0.4 is 10.9 Å². The van der Waals surface area contributed by atoms with Crippen molar-refractivity contribution < 1.29 is 0 Å². The van der Waals surface area contributed by atoms with Crippen LogP contribution in [0.15, 0.2) is 41.3 Å². The van der Waals surface area contributed by atoms with Crippen molar-refractivity contribution >= 4 is 22.4 Å². The van der Waals surface area contributed by atoms with E-state index in [0.29, 0.717) is 28.7 Å². The lowest BCUT2D eigenvalue weighted by Crippen LogP contribution is -2.08. The number of hydrogen-bond acceptors (Lipinski definition) is 5. The summed E-state index contributed by atoms with van der Waals surface area (Å²) < 4.78 is 1.68. The van der Waals surface area contributed by atoms with Gasteiger partial charge in [-0.1, -0.05) is 0 Å². The van der Waals surface area contributed by atoms with Crippen molar-refractivity contribution in [1.29, 1.82) is 10.5 Å². The van der Waals surface area contributed by atoms with Gasteiger partial charge in [0.05, 0.1) is 35.7 Å². The third-order valence-corrected chi connectivity index (χ3v) is 3.71. The van der Waals surface area contributed by atoms with E-state index in [1.165, 1.54) is 0 Å². The summed E-state index contributed by atoms with van der Waals surface area (Å²) in [5.74, 6) is 0.418. The van der Waals surface area contributed by atoms with Gasteiger partial charge >= 0.3 is 0 Å². The molecule has 0 aliphatic carbocycles. The Labute approximate surface area is 137 Å². The van der Waals surface area contributed by atoms with E-state index in [2.05, 4.69) is 27.5 Å². The summed E-state index contributed by atoms with van der Waals surface area (Å²) in [5, 5.41) is 25.8. The van der Waals surface area contributed by atoms with Gasteiger partial charge in [0.15, 0.2) is 5.82 Å². The summed E-state index contributed by atoms with van der Waals surface area (Å²) in [7, 11) is 0. The number of nitriles is 2. The second-order valence-electron chi connectivity index (χ2n) is 5.39. The van der Waals surface area contributed by atoms with E-state index in [1.807, 2.05) is 6.92 Å². The highest BCUT2D eigenvalue weighted by Gasteiger charge is 2.17. The first-order valence-corrected chi connectivity index (χ1v) is 7.38. The third-order valence-electron chi connectivity index (χ3n) is 3.71. The van der Waals surface area contributed by atoms with E-state index < -0.39 is 0 Å². The highest BCUT2D eigenvalue weighted by Crippen LogP contribution is 2.26. The van der Waals surface area contributed by atoms with Gasteiger partial charge in [-0.15, -0.1) is 0 Å². The SMILES string of the molecule is C[C@@H](CC#N)n1nc(Nc2ccc(C#N)cc2)c2c(=O)[nH]ccc21. The molecule has 7 heteroatoms. The van der Waals surface area contributed by atoms with E-state index >= 15 is 0 Å². The van der Waals surface area contributed by atoms with Crippen molar-refractivity contribution in [3.8, 4) is 12.1 Å². The first-order valence-electron chi connectivity index (χ1n) is 7.38. The molecule has 3 rings (SSSR count). The monoisotopic (exact) mass is 318 g/mol. The first kappa shape index (κ1) is 15.3. The number of aromatic amines is 1. The predicted molar refractivity (Wildman–Crippen MR) is 89.7 cm³/mol. The fourth-order valence-corrected chi connectivity index (χ4v) is 2.51. The zero-order valence-corrected chi connectivity index (χ0v) is 12.9. The zero-order valence-electron chi connectivity index (χ0n) is 12.9. The summed E-state index contributed by atoms with van der Waals surface area (Å²) in [6.45, 7) is 1.88. The van der Waals surface area contributed by atoms with Crippen LogP contribution in [0.25, 0.3) is 10.9 Å². The molecule has 0 saturated heterocycles. The molecule has 2 heterocycles. The van der Waals surface area contributed by atoms with Crippen molar-refractivity contribution in [3.63, 3.8) is 0 Å². The Morgan fingerprint density at radius 2 is 2.04 bits per heavy atom. The summed E-state index contributed by atoms with van der Waals surface area (Å²) in [6.07, 6.45) is 1.85. The fourth-order valence-electron chi connectivity index (χ4n) is 2.51. The largest absolute Gasteiger partial charge is 0.338 e. The Bertz CT molecular complexity index is 1020. The molecule has 0 fully saturated rings. The van der Waals surface area contributed by atoms with Crippen molar-refractivity contribution in [2.45, 2.75) is 19.4 Å². The van der Waals surface area contributed by atoms with Crippen LogP contribution in [-0.4, -0.2) is 14.8 Å². The van der Waals surface area contributed by atoms with E-state index in [4.69, 9.17) is 10.5 Å². The molecule has 0 amide bonds. The highest BCUT2D eigenvalue weighted by atomic mass is 16.1. The average molecular weight is 318 g/mol. The Hall–Kier alpha value is -3.58. The van der Waals surface area contributed by atoms with Crippen LogP contribution in [0.1, 0.15) is 24.9 Å². The number of fused-ring (bicyclic) bond motifs is 1. The second kappa shape index (κ2) is 6.27. The average Bonchev–Trinajstić information content (AvgIpc) is 2.96. The molecule has 0 saturated carbocycles. The smallest absolute Gasteiger partial charge is 0.261 e. The molecule has 0 aliphatic heterocycles. The summed E-state index contributed by atoms with van der Waals surface area (Å²) in [5.41, 5.74) is 1.69. The van der Waals surface area contributed by atoms with Gasteiger partial charge in [0.1, 0.15) is 5.39 Å². The van der Waals surface area contributed by atoms with Gasteiger partial charge in [-0.2, -0.15) is 15.6 Å². The van der Waals surface area contributed by atoms with Gasteiger partial charge in [-0.25, -0.2) is 0 Å². The van der Waals surface area contributed by atoms with Crippen LogP contribution in [0.3, 0.4) is 0 Å². The Morgan fingerprint density at radius 3 is 2.71 bits per heavy atom. The molecule has 1 atom stereocenters. The third kappa shape index (κ3) is 2.71. The van der Waals surface area contributed by atoms with Crippen LogP contribution in [-0.2, 0) is 0 Å². The molecule has 2 aromatic heterocycles. The maximum absolute atomic E-state index is 12.2. The maximum Gasteiger partial charge on any atom is 0.261 e. The number of rotatable bonds is 4. The number of anilines is 2. The van der Waals surface area contributed by atoms with Gasteiger partial charge in [0.2, 0.25) is 0 Å². The van der Waals surface area contributed by atoms with Crippen molar-refractivity contribution in [3.05, 3.63) is 52.4 Å². The highest BCUT2D eigenvalue weighted by molar-refractivity contribution is 5.91. The van der Waals surface area contributed by atoms with Gasteiger partial charge < -0.3 is 10.3 Å². The number of nitrogens with one attached hydrogen (secondary N) is 2. The quantitative estimate of drug-likeness (QED) is 0.768. The van der Waals surface area contributed by atoms with Crippen LogP contribution in [0, 0.1) is 22.7 Å². The van der Waals surface area contributed by atoms with Gasteiger partial charge in [-0.3, -0.25) is 9.48 Å². The summed E-state index contributed by atoms with van der Waals surface area (Å²) in [6, 6.07) is 12.7. The molecule has 0 radical (unpaired) electrons. The number of H-pyrrole nitrogens is 1. The molecule has 7 nitrogen and oxygen atoms in total. The van der Waals surface area contributed by atoms with E-state index in [0.717, 1.165) is 5.69 Å². The summed E-state index contributed by atoms with van der Waals surface area (Å²) >= 11 is 0. The second-order valence-corrected chi connectivity index (χ2v) is 5.39. The molecule has 0 bridgehead atoms. The molecule has 24 heavy (non-hydrogen) atoms. The lowest BCUT2D eigenvalue weighted by molar-refractivity contribution is 0.518. The minimum atomic E-state index is -0.251. The van der Waals surface area contributed by atoms with Gasteiger partial charge in [0, 0.05) is 11.9 Å². The number of benzene rings is 1. The molecule has 1 aromatic carbocycles. The normalized spacial score (nSPS) is 11.6. The molecule has 0 aliphatic rings. The van der Waals surface area contributed by atoms with E-state index in [1.54, 1.807) is 41.2 Å². The Balaban J connectivity index is 2.08. The number of aromatic nitrogens is 3. The molecular formula is C17H14N6O. The Kier molecular flexibility index (Phi) is 4.00. The summed E-state index contributed by atoms with van der Waals surface area (Å²) in [4.78, 5) is 14.9. The van der Waals surface area contributed by atoms with E-state index in [9.17, 15) is 4.79 Å². The fraction of sp³-hybridized carbons (Fsp3) is 0.176. The van der Waals surface area contributed by atoms with E-state index in [-0.39, 0.29) is 11.6 Å². The van der Waals surface area contributed by atoms with Crippen LogP contribution in [0.2, 0.25) is 0 Å².